The first-order chi connectivity index (χ1) is 9.46. The van der Waals surface area contributed by atoms with Gasteiger partial charge >= 0.3 is 0 Å². The Kier molecular flexibility index (Phi) is 6.38. The second-order valence-corrected chi connectivity index (χ2v) is 6.15. The lowest BCUT2D eigenvalue weighted by Gasteiger charge is -2.23. The zero-order valence-electron chi connectivity index (χ0n) is 13.4. The Hall–Kier alpha value is -1.18. The van der Waals surface area contributed by atoms with E-state index in [1.54, 1.807) is 12.3 Å². The molecule has 0 aromatic heterocycles. The highest BCUT2D eigenvalue weighted by Gasteiger charge is 2.26. The average Bonchev–Trinajstić information content (AvgIpc) is 2.92. The predicted molar refractivity (Wildman–Crippen MR) is 86.6 cm³/mol. The van der Waals surface area contributed by atoms with Gasteiger partial charge in [-0.25, -0.2) is 4.39 Å². The monoisotopic (exact) mass is 277 g/mol. The zero-order chi connectivity index (χ0) is 15.2. The molecular weight excluding hydrogens is 249 g/mol. The van der Waals surface area contributed by atoms with Crippen LogP contribution >= 0.6 is 0 Å². The summed E-state index contributed by atoms with van der Waals surface area (Å²) in [5.41, 5.74) is 0.830. The Bertz CT molecular complexity index is 421. The maximum absolute atomic E-state index is 14.8. The van der Waals surface area contributed by atoms with Gasteiger partial charge in [-0.05, 0) is 32.1 Å². The third-order valence-electron chi connectivity index (χ3n) is 4.26. The standard InChI is InChI=1S/C18H28FN/c1-6-15(17(19)18(4,5)7-2)16(20-8-3)13-14-11-9-10-12-14/h6,8,13-14H,1,7,9-12H2,2-5H3/b16-13-,17-15-,20-8?. The van der Waals surface area contributed by atoms with Gasteiger partial charge in [-0.15, -0.1) is 0 Å². The third-order valence-corrected chi connectivity index (χ3v) is 4.26. The summed E-state index contributed by atoms with van der Waals surface area (Å²) in [6.45, 7) is 11.5. The van der Waals surface area contributed by atoms with Crippen molar-refractivity contribution < 1.29 is 4.39 Å². The molecular formula is C18H28FN. The van der Waals surface area contributed by atoms with Gasteiger partial charge in [-0.2, -0.15) is 0 Å². The van der Waals surface area contributed by atoms with E-state index in [-0.39, 0.29) is 5.83 Å². The Balaban J connectivity index is 3.21. The van der Waals surface area contributed by atoms with Crippen LogP contribution in [-0.4, -0.2) is 6.21 Å². The smallest absolute Gasteiger partial charge is 0.115 e. The van der Waals surface area contributed by atoms with Crippen molar-refractivity contribution in [1.29, 1.82) is 0 Å². The molecule has 0 radical (unpaired) electrons. The minimum absolute atomic E-state index is 0.107. The van der Waals surface area contributed by atoms with Crippen LogP contribution in [0.1, 0.15) is 59.8 Å². The number of halogens is 1. The number of rotatable bonds is 6. The summed E-state index contributed by atoms with van der Waals surface area (Å²) in [5, 5.41) is 0. The van der Waals surface area contributed by atoms with Crippen LogP contribution in [0, 0.1) is 11.3 Å². The summed E-state index contributed by atoms with van der Waals surface area (Å²) < 4.78 is 14.8. The quantitative estimate of drug-likeness (QED) is 0.417. The van der Waals surface area contributed by atoms with Gasteiger partial charge in [0.2, 0.25) is 0 Å². The minimum Gasteiger partial charge on any atom is -0.261 e. The molecule has 0 aromatic carbocycles. The number of hydrogen-bond donors (Lipinski definition) is 0. The van der Waals surface area contributed by atoms with Gasteiger partial charge in [-0.1, -0.05) is 52.3 Å². The average molecular weight is 277 g/mol. The lowest BCUT2D eigenvalue weighted by atomic mass is 9.85. The lowest BCUT2D eigenvalue weighted by Crippen LogP contribution is -2.13. The third kappa shape index (κ3) is 4.16. The molecule has 0 N–H and O–H groups in total. The molecule has 2 heteroatoms. The van der Waals surface area contributed by atoms with E-state index in [0.29, 0.717) is 11.5 Å². The highest BCUT2D eigenvalue weighted by Crippen LogP contribution is 2.37. The Morgan fingerprint density at radius 3 is 2.40 bits per heavy atom. The van der Waals surface area contributed by atoms with Crippen molar-refractivity contribution in [3.8, 4) is 0 Å². The van der Waals surface area contributed by atoms with Gasteiger partial charge in [0.05, 0.1) is 5.70 Å². The second-order valence-electron chi connectivity index (χ2n) is 6.15. The van der Waals surface area contributed by atoms with E-state index >= 15 is 0 Å². The van der Waals surface area contributed by atoms with Crippen LogP contribution in [0.25, 0.3) is 0 Å². The van der Waals surface area contributed by atoms with Gasteiger partial charge in [-0.3, -0.25) is 4.99 Å². The van der Waals surface area contributed by atoms with E-state index in [0.717, 1.165) is 12.1 Å². The van der Waals surface area contributed by atoms with E-state index < -0.39 is 5.41 Å². The van der Waals surface area contributed by atoms with Crippen molar-refractivity contribution in [2.45, 2.75) is 59.8 Å². The number of hydrogen-bond acceptors (Lipinski definition) is 1. The SMILES string of the molecule is C=CC(/C(=C/C1CCCC1)N=CC)=C(/F)C(C)(C)CC. The van der Waals surface area contributed by atoms with Crippen LogP contribution in [0.3, 0.4) is 0 Å². The van der Waals surface area contributed by atoms with Crippen molar-refractivity contribution in [3.63, 3.8) is 0 Å². The Morgan fingerprint density at radius 1 is 1.35 bits per heavy atom. The first-order valence-corrected chi connectivity index (χ1v) is 7.69. The molecule has 0 bridgehead atoms. The molecule has 0 heterocycles. The minimum atomic E-state index is -0.471. The van der Waals surface area contributed by atoms with Crippen molar-refractivity contribution in [2.75, 3.05) is 0 Å². The molecule has 20 heavy (non-hydrogen) atoms. The molecule has 1 aliphatic rings. The molecule has 0 aliphatic heterocycles. The molecule has 0 unspecified atom stereocenters. The summed E-state index contributed by atoms with van der Waals surface area (Å²) in [6.07, 6.45) is 11.1. The second kappa shape index (κ2) is 7.56. The topological polar surface area (TPSA) is 12.4 Å². The van der Waals surface area contributed by atoms with Crippen molar-refractivity contribution in [2.24, 2.45) is 16.3 Å². The van der Waals surface area contributed by atoms with Crippen molar-refractivity contribution in [1.82, 2.24) is 0 Å². The molecule has 112 valence electrons. The van der Waals surface area contributed by atoms with Crippen LogP contribution in [0.2, 0.25) is 0 Å². The predicted octanol–water partition coefficient (Wildman–Crippen LogP) is 6.00. The summed E-state index contributed by atoms with van der Waals surface area (Å²) in [4.78, 5) is 4.39. The van der Waals surface area contributed by atoms with Crippen LogP contribution < -0.4 is 0 Å². The molecule has 1 rings (SSSR count). The van der Waals surface area contributed by atoms with Gasteiger partial charge < -0.3 is 0 Å². The lowest BCUT2D eigenvalue weighted by molar-refractivity contribution is 0.334. The van der Waals surface area contributed by atoms with E-state index in [9.17, 15) is 4.39 Å². The molecule has 0 amide bonds. The largest absolute Gasteiger partial charge is 0.261 e. The van der Waals surface area contributed by atoms with Crippen LogP contribution in [0.5, 0.6) is 0 Å². The van der Waals surface area contributed by atoms with Crippen LogP contribution in [0.15, 0.2) is 40.8 Å². The Labute approximate surface area is 123 Å². The summed E-state index contributed by atoms with van der Waals surface area (Å²) in [5.74, 6) is 0.422. The number of aliphatic imine (C=N–C) groups is 1. The molecule has 1 nitrogen and oxygen atoms in total. The molecule has 0 saturated heterocycles. The molecule has 0 atom stereocenters. The van der Waals surface area contributed by atoms with Crippen LogP contribution in [-0.2, 0) is 0 Å². The van der Waals surface area contributed by atoms with Gasteiger partial charge in [0.15, 0.2) is 0 Å². The fourth-order valence-corrected chi connectivity index (χ4v) is 2.52. The molecule has 0 spiro atoms. The molecule has 0 aromatic rings. The number of allylic oxidation sites excluding steroid dienone is 3. The normalized spacial score (nSPS) is 19.6. The van der Waals surface area contributed by atoms with Crippen molar-refractivity contribution >= 4 is 6.21 Å². The fourth-order valence-electron chi connectivity index (χ4n) is 2.52. The maximum atomic E-state index is 14.8. The van der Waals surface area contributed by atoms with Gasteiger partial charge in [0, 0.05) is 17.2 Å². The zero-order valence-corrected chi connectivity index (χ0v) is 13.4. The van der Waals surface area contributed by atoms with E-state index in [4.69, 9.17) is 0 Å². The first kappa shape index (κ1) is 16.9. The highest BCUT2D eigenvalue weighted by molar-refractivity contribution is 5.58. The molecule has 1 aliphatic carbocycles. The first-order valence-electron chi connectivity index (χ1n) is 7.69. The maximum Gasteiger partial charge on any atom is 0.115 e. The van der Waals surface area contributed by atoms with E-state index in [1.807, 2.05) is 27.7 Å². The Morgan fingerprint density at radius 2 is 1.95 bits per heavy atom. The number of nitrogens with zero attached hydrogens (tertiary/aromatic N) is 1. The van der Waals surface area contributed by atoms with E-state index in [1.165, 1.54) is 25.7 Å². The fraction of sp³-hybridized carbons (Fsp3) is 0.611. The molecule has 1 fully saturated rings. The highest BCUT2D eigenvalue weighted by atomic mass is 19.1. The van der Waals surface area contributed by atoms with Gasteiger partial charge in [0.1, 0.15) is 5.83 Å². The van der Waals surface area contributed by atoms with E-state index in [2.05, 4.69) is 17.6 Å². The van der Waals surface area contributed by atoms with Gasteiger partial charge in [0.25, 0.3) is 0 Å². The van der Waals surface area contributed by atoms with Crippen molar-refractivity contribution in [3.05, 3.63) is 35.8 Å². The molecule has 1 saturated carbocycles. The summed E-state index contributed by atoms with van der Waals surface area (Å²) in [6, 6.07) is 0. The van der Waals surface area contributed by atoms with Crippen LogP contribution in [0.4, 0.5) is 4.39 Å². The summed E-state index contributed by atoms with van der Waals surface area (Å²) in [7, 11) is 0. The summed E-state index contributed by atoms with van der Waals surface area (Å²) >= 11 is 0.